The van der Waals surface area contributed by atoms with E-state index in [-0.39, 0.29) is 0 Å². The zero-order chi connectivity index (χ0) is 37.7. The Kier molecular flexibility index (Phi) is 7.82. The van der Waals surface area contributed by atoms with Crippen molar-refractivity contribution in [2.45, 2.75) is 0 Å². The fraction of sp³-hybridized carbons (Fsp3) is 0. The average Bonchev–Trinajstić information content (AvgIpc) is 3.90. The number of rotatable bonds is 7. The Morgan fingerprint density at radius 3 is 1.49 bits per heavy atom. The summed E-state index contributed by atoms with van der Waals surface area (Å²) in [6.45, 7) is 0. The van der Waals surface area contributed by atoms with E-state index < -0.39 is 0 Å². The second-order valence-corrected chi connectivity index (χ2v) is 14.5. The van der Waals surface area contributed by atoms with Gasteiger partial charge in [0, 0.05) is 44.3 Å². The van der Waals surface area contributed by atoms with Gasteiger partial charge in [0.2, 0.25) is 0 Å². The van der Waals surface area contributed by atoms with Crippen LogP contribution in [0, 0.1) is 0 Å². The molecule has 0 amide bonds. The SMILES string of the molecule is c1ccc2cc(-c3ccc(N(c4ccc(-c5ccc(-c6cccc7c6oc6ccccc67)cc5)cc4)c4ccc(-c5cc6ccccc6o5)cc4)cc3)ccc2c1. The number of furan rings is 2. The van der Waals surface area contributed by atoms with Crippen molar-refractivity contribution >= 4 is 60.7 Å². The van der Waals surface area contributed by atoms with Gasteiger partial charge in [-0.1, -0.05) is 140 Å². The number of para-hydroxylation sites is 3. The number of hydrogen-bond donors (Lipinski definition) is 0. The first kappa shape index (κ1) is 32.8. The summed E-state index contributed by atoms with van der Waals surface area (Å²) in [5.74, 6) is 0.860. The van der Waals surface area contributed by atoms with Crippen LogP contribution in [-0.4, -0.2) is 0 Å². The summed E-state index contributed by atoms with van der Waals surface area (Å²) < 4.78 is 12.5. The molecule has 3 nitrogen and oxygen atoms in total. The predicted octanol–water partition coefficient (Wildman–Crippen LogP) is 15.6. The molecule has 9 aromatic carbocycles. The number of fused-ring (bicyclic) bond motifs is 5. The van der Waals surface area contributed by atoms with Crippen molar-refractivity contribution in [1.29, 1.82) is 0 Å². The summed E-state index contributed by atoms with van der Waals surface area (Å²) in [5, 5.41) is 5.87. The summed E-state index contributed by atoms with van der Waals surface area (Å²) in [5.41, 5.74) is 13.9. The van der Waals surface area contributed by atoms with Crippen molar-refractivity contribution in [2.24, 2.45) is 0 Å². The van der Waals surface area contributed by atoms with Gasteiger partial charge in [0.05, 0.1) is 0 Å². The van der Waals surface area contributed by atoms with E-state index in [1.165, 1.54) is 21.9 Å². The molecule has 0 aliphatic carbocycles. The summed E-state index contributed by atoms with van der Waals surface area (Å²) in [4.78, 5) is 2.31. The Hall–Kier alpha value is -7.62. The maximum absolute atomic E-state index is 6.34. The monoisotopic (exact) mass is 729 g/mol. The third-order valence-electron chi connectivity index (χ3n) is 11.1. The van der Waals surface area contributed by atoms with Gasteiger partial charge in [-0.25, -0.2) is 0 Å². The van der Waals surface area contributed by atoms with Crippen LogP contribution in [0.2, 0.25) is 0 Å². The fourth-order valence-corrected chi connectivity index (χ4v) is 8.14. The van der Waals surface area contributed by atoms with Gasteiger partial charge >= 0.3 is 0 Å². The lowest BCUT2D eigenvalue weighted by atomic mass is 9.98. The first-order valence-corrected chi connectivity index (χ1v) is 19.3. The van der Waals surface area contributed by atoms with Gasteiger partial charge in [-0.05, 0) is 111 Å². The van der Waals surface area contributed by atoms with Crippen molar-refractivity contribution < 1.29 is 8.83 Å². The molecule has 2 heterocycles. The van der Waals surface area contributed by atoms with Gasteiger partial charge in [0.1, 0.15) is 22.5 Å². The molecule has 0 atom stereocenters. The Morgan fingerprint density at radius 2 is 0.807 bits per heavy atom. The second kappa shape index (κ2) is 13.6. The molecular formula is C54H35NO2. The van der Waals surface area contributed by atoms with E-state index in [4.69, 9.17) is 8.83 Å². The van der Waals surface area contributed by atoms with E-state index in [9.17, 15) is 0 Å². The normalized spacial score (nSPS) is 11.5. The zero-order valence-corrected chi connectivity index (χ0v) is 31.0. The topological polar surface area (TPSA) is 29.5 Å². The molecule has 0 saturated carbocycles. The largest absolute Gasteiger partial charge is 0.456 e. The highest BCUT2D eigenvalue weighted by Crippen LogP contribution is 2.40. The summed E-state index contributed by atoms with van der Waals surface area (Å²) in [7, 11) is 0. The molecule has 0 aliphatic rings. The van der Waals surface area contributed by atoms with Crippen LogP contribution >= 0.6 is 0 Å². The van der Waals surface area contributed by atoms with E-state index in [2.05, 4.69) is 187 Å². The quantitative estimate of drug-likeness (QED) is 0.164. The highest BCUT2D eigenvalue weighted by Gasteiger charge is 2.16. The maximum atomic E-state index is 6.34. The van der Waals surface area contributed by atoms with Gasteiger partial charge < -0.3 is 13.7 Å². The maximum Gasteiger partial charge on any atom is 0.143 e. The molecule has 0 bridgehead atoms. The molecule has 0 aliphatic heterocycles. The Bertz CT molecular complexity index is 3170. The van der Waals surface area contributed by atoms with Crippen molar-refractivity contribution in [1.82, 2.24) is 0 Å². The lowest BCUT2D eigenvalue weighted by Crippen LogP contribution is -2.09. The number of benzene rings is 9. The number of hydrogen-bond acceptors (Lipinski definition) is 3. The van der Waals surface area contributed by atoms with Crippen molar-refractivity contribution in [3.63, 3.8) is 0 Å². The minimum absolute atomic E-state index is 0.860. The van der Waals surface area contributed by atoms with Gasteiger partial charge in [-0.15, -0.1) is 0 Å². The molecule has 11 rings (SSSR count). The molecule has 57 heavy (non-hydrogen) atoms. The van der Waals surface area contributed by atoms with E-state index in [0.29, 0.717) is 0 Å². The van der Waals surface area contributed by atoms with E-state index in [0.717, 1.165) is 83.5 Å². The van der Waals surface area contributed by atoms with Crippen LogP contribution in [0.5, 0.6) is 0 Å². The number of nitrogens with zero attached hydrogens (tertiary/aromatic N) is 1. The lowest BCUT2D eigenvalue weighted by Gasteiger charge is -2.26. The van der Waals surface area contributed by atoms with Crippen LogP contribution < -0.4 is 4.90 Å². The molecule has 0 radical (unpaired) electrons. The van der Waals surface area contributed by atoms with Crippen LogP contribution in [0.4, 0.5) is 17.1 Å². The predicted molar refractivity (Wildman–Crippen MR) is 237 cm³/mol. The van der Waals surface area contributed by atoms with Crippen molar-refractivity contribution in [2.75, 3.05) is 4.90 Å². The highest BCUT2D eigenvalue weighted by molar-refractivity contribution is 6.09. The number of anilines is 3. The Morgan fingerprint density at radius 1 is 0.298 bits per heavy atom. The van der Waals surface area contributed by atoms with E-state index in [1.54, 1.807) is 0 Å². The first-order valence-electron chi connectivity index (χ1n) is 19.3. The van der Waals surface area contributed by atoms with E-state index in [1.807, 2.05) is 30.3 Å². The highest BCUT2D eigenvalue weighted by atomic mass is 16.3. The zero-order valence-electron chi connectivity index (χ0n) is 31.0. The summed E-state index contributed by atoms with van der Waals surface area (Å²) >= 11 is 0. The molecule has 0 spiro atoms. The van der Waals surface area contributed by atoms with Gasteiger partial charge in [0.15, 0.2) is 0 Å². The van der Waals surface area contributed by atoms with Crippen LogP contribution in [0.3, 0.4) is 0 Å². The van der Waals surface area contributed by atoms with Crippen LogP contribution in [0.1, 0.15) is 0 Å². The molecule has 268 valence electrons. The summed E-state index contributed by atoms with van der Waals surface area (Å²) in [6.07, 6.45) is 0. The van der Waals surface area contributed by atoms with Crippen LogP contribution in [-0.2, 0) is 0 Å². The van der Waals surface area contributed by atoms with Crippen LogP contribution in [0.15, 0.2) is 221 Å². The van der Waals surface area contributed by atoms with Gasteiger partial charge in [-0.2, -0.15) is 0 Å². The third-order valence-corrected chi connectivity index (χ3v) is 11.1. The molecule has 11 aromatic rings. The van der Waals surface area contributed by atoms with E-state index >= 15 is 0 Å². The summed E-state index contributed by atoms with van der Waals surface area (Å²) in [6, 6.07) is 75.2. The lowest BCUT2D eigenvalue weighted by molar-refractivity contribution is 0.631. The second-order valence-electron chi connectivity index (χ2n) is 14.5. The minimum Gasteiger partial charge on any atom is -0.456 e. The fourth-order valence-electron chi connectivity index (χ4n) is 8.14. The van der Waals surface area contributed by atoms with Gasteiger partial charge in [-0.3, -0.25) is 0 Å². The van der Waals surface area contributed by atoms with Crippen molar-refractivity contribution in [3.05, 3.63) is 212 Å². The molecule has 2 aromatic heterocycles. The smallest absolute Gasteiger partial charge is 0.143 e. The van der Waals surface area contributed by atoms with Gasteiger partial charge in [0.25, 0.3) is 0 Å². The molecule has 0 unspecified atom stereocenters. The standard InChI is InChI=1S/C54H35NO2/c1-2-9-42-34-43(21-18-36(42)8-1)39-24-30-46(31-25-39)55(47-32-26-41(27-33-47)53-35-44-10-3-5-14-51(44)56-53)45-28-22-38(23-29-45)37-16-19-40(20-17-37)48-12-7-13-50-49-11-4-6-15-52(49)57-54(48)50/h1-35H. The molecule has 0 N–H and O–H groups in total. The third kappa shape index (κ3) is 5.94. The minimum atomic E-state index is 0.860. The van der Waals surface area contributed by atoms with Crippen LogP contribution in [0.25, 0.3) is 88.4 Å². The Balaban J connectivity index is 0.926. The molecule has 0 fully saturated rings. The molecular weight excluding hydrogens is 695 g/mol. The average molecular weight is 730 g/mol. The molecule has 3 heteroatoms. The Labute approximate surface area is 330 Å². The molecule has 0 saturated heterocycles. The van der Waals surface area contributed by atoms with Crippen molar-refractivity contribution in [3.8, 4) is 44.7 Å². The first-order chi connectivity index (χ1) is 28.2.